The summed E-state index contributed by atoms with van der Waals surface area (Å²) >= 11 is 4.84. The van der Waals surface area contributed by atoms with Gasteiger partial charge in [0, 0.05) is 21.7 Å². The highest BCUT2D eigenvalue weighted by Gasteiger charge is 2.29. The highest BCUT2D eigenvalue weighted by atomic mass is 79.9. The van der Waals surface area contributed by atoms with E-state index in [9.17, 15) is 18.0 Å². The zero-order valence-corrected chi connectivity index (χ0v) is 12.1. The number of benzene rings is 1. The molecule has 0 aliphatic carbocycles. The van der Waals surface area contributed by atoms with Gasteiger partial charge in [0.2, 0.25) is 0 Å². The first kappa shape index (κ1) is 16.2. The van der Waals surface area contributed by atoms with Crippen LogP contribution < -0.4 is 5.32 Å². The van der Waals surface area contributed by atoms with Crippen molar-refractivity contribution in [1.82, 2.24) is 5.32 Å². The lowest BCUT2D eigenvalue weighted by Gasteiger charge is -2.09. The molecule has 0 aliphatic heterocycles. The van der Waals surface area contributed by atoms with E-state index in [1.54, 1.807) is 0 Å². The summed E-state index contributed by atoms with van der Waals surface area (Å²) in [4.78, 5) is 11.9. The van der Waals surface area contributed by atoms with Gasteiger partial charge in [-0.1, -0.05) is 12.1 Å². The Hall–Kier alpha value is -0.890. The number of carbonyl (C=O) groups is 1. The highest BCUT2D eigenvalue weighted by Crippen LogP contribution is 2.26. The molecule has 0 radical (unpaired) electrons. The minimum absolute atomic E-state index is 0.225. The van der Waals surface area contributed by atoms with E-state index in [0.29, 0.717) is 5.75 Å². The summed E-state index contributed by atoms with van der Waals surface area (Å²) in [5.41, 5.74) is 0. The Kier molecular flexibility index (Phi) is 6.50. The van der Waals surface area contributed by atoms with Crippen LogP contribution in [0, 0.1) is 0 Å². The number of alkyl halides is 3. The lowest BCUT2D eigenvalue weighted by molar-refractivity contribution is -0.160. The van der Waals surface area contributed by atoms with E-state index >= 15 is 0 Å². The molecule has 19 heavy (non-hydrogen) atoms. The lowest BCUT2D eigenvalue weighted by atomic mass is 10.4. The van der Waals surface area contributed by atoms with Crippen molar-refractivity contribution in [3.05, 3.63) is 28.7 Å². The van der Waals surface area contributed by atoms with Crippen LogP contribution in [0.15, 0.2) is 33.6 Å². The van der Waals surface area contributed by atoms with Gasteiger partial charge in [-0.25, -0.2) is 4.79 Å². The van der Waals surface area contributed by atoms with E-state index in [2.05, 4.69) is 26.0 Å². The standard InChI is InChI=1S/C11H11BrF3NO2S/c12-8-3-1-2-4-9(8)19-6-5-16-10(17)18-7-11(13,14)15/h1-4H,5-7H2,(H,16,17). The second-order valence-electron chi connectivity index (χ2n) is 3.40. The number of alkyl carbamates (subject to hydrolysis) is 1. The molecule has 0 aromatic heterocycles. The van der Waals surface area contributed by atoms with Crippen molar-refractivity contribution in [1.29, 1.82) is 0 Å². The first-order chi connectivity index (χ1) is 8.88. The summed E-state index contributed by atoms with van der Waals surface area (Å²) < 4.78 is 40.2. The fourth-order valence-corrected chi connectivity index (χ4v) is 2.51. The SMILES string of the molecule is O=C(NCCSc1ccccc1Br)OCC(F)(F)F. The Morgan fingerprint density at radius 1 is 1.37 bits per heavy atom. The van der Waals surface area contributed by atoms with Crippen molar-refractivity contribution in [3.63, 3.8) is 0 Å². The smallest absolute Gasteiger partial charge is 0.422 e. The fourth-order valence-electron chi connectivity index (χ4n) is 1.07. The maximum absolute atomic E-state index is 11.8. The van der Waals surface area contributed by atoms with Crippen LogP contribution in [0.25, 0.3) is 0 Å². The molecule has 0 unspecified atom stereocenters. The average molecular weight is 358 g/mol. The second-order valence-corrected chi connectivity index (χ2v) is 5.39. The van der Waals surface area contributed by atoms with E-state index in [1.165, 1.54) is 11.8 Å². The number of halogens is 4. The Balaban J connectivity index is 2.17. The maximum Gasteiger partial charge on any atom is 0.422 e. The first-order valence-corrected chi connectivity index (χ1v) is 7.01. The van der Waals surface area contributed by atoms with Crippen molar-refractivity contribution in [2.45, 2.75) is 11.1 Å². The molecule has 1 N–H and O–H groups in total. The molecule has 0 aliphatic rings. The molecule has 1 amide bonds. The van der Waals surface area contributed by atoms with E-state index in [1.807, 2.05) is 24.3 Å². The van der Waals surface area contributed by atoms with Gasteiger partial charge >= 0.3 is 12.3 Å². The van der Waals surface area contributed by atoms with E-state index in [0.717, 1.165) is 9.37 Å². The van der Waals surface area contributed by atoms with Gasteiger partial charge in [-0.2, -0.15) is 13.2 Å². The lowest BCUT2D eigenvalue weighted by Crippen LogP contribution is -2.30. The van der Waals surface area contributed by atoms with Crippen molar-refractivity contribution in [2.75, 3.05) is 18.9 Å². The van der Waals surface area contributed by atoms with Crippen molar-refractivity contribution in [3.8, 4) is 0 Å². The molecule has 1 aromatic rings. The molecule has 106 valence electrons. The summed E-state index contributed by atoms with van der Waals surface area (Å²) in [5.74, 6) is 0.531. The predicted octanol–water partition coefficient (Wildman–Crippen LogP) is 3.83. The third kappa shape index (κ3) is 7.31. The van der Waals surface area contributed by atoms with Crippen LogP contribution in [0.5, 0.6) is 0 Å². The molecule has 0 saturated carbocycles. The molecule has 0 atom stereocenters. The maximum atomic E-state index is 11.8. The number of hydrogen-bond donors (Lipinski definition) is 1. The predicted molar refractivity (Wildman–Crippen MR) is 70.3 cm³/mol. The number of thioether (sulfide) groups is 1. The van der Waals surface area contributed by atoms with Crippen molar-refractivity contribution in [2.24, 2.45) is 0 Å². The van der Waals surface area contributed by atoms with Crippen molar-refractivity contribution >= 4 is 33.8 Å². The van der Waals surface area contributed by atoms with E-state index in [4.69, 9.17) is 0 Å². The van der Waals surface area contributed by atoms with Crippen LogP contribution in [0.3, 0.4) is 0 Å². The fraction of sp³-hybridized carbons (Fsp3) is 0.364. The van der Waals surface area contributed by atoms with Gasteiger partial charge in [0.25, 0.3) is 0 Å². The van der Waals surface area contributed by atoms with Crippen LogP contribution in [0.1, 0.15) is 0 Å². The van der Waals surface area contributed by atoms with Gasteiger partial charge in [-0.3, -0.25) is 0 Å². The summed E-state index contributed by atoms with van der Waals surface area (Å²) in [5, 5.41) is 2.25. The first-order valence-electron chi connectivity index (χ1n) is 5.23. The summed E-state index contributed by atoms with van der Waals surface area (Å²) in [6.07, 6.45) is -5.56. The monoisotopic (exact) mass is 357 g/mol. The van der Waals surface area contributed by atoms with Gasteiger partial charge in [-0.05, 0) is 28.1 Å². The highest BCUT2D eigenvalue weighted by molar-refractivity contribution is 9.10. The Morgan fingerprint density at radius 2 is 2.05 bits per heavy atom. The molecular formula is C11H11BrF3NO2S. The Morgan fingerprint density at radius 3 is 2.68 bits per heavy atom. The van der Waals surface area contributed by atoms with Gasteiger partial charge in [0.05, 0.1) is 0 Å². The zero-order valence-electron chi connectivity index (χ0n) is 9.67. The van der Waals surface area contributed by atoms with Crippen LogP contribution in [0.2, 0.25) is 0 Å². The quantitative estimate of drug-likeness (QED) is 0.642. The molecule has 0 saturated heterocycles. The van der Waals surface area contributed by atoms with Gasteiger partial charge < -0.3 is 10.1 Å². The molecule has 0 fully saturated rings. The minimum Gasteiger partial charge on any atom is -0.440 e. The van der Waals surface area contributed by atoms with Crippen LogP contribution >= 0.6 is 27.7 Å². The number of ether oxygens (including phenoxy) is 1. The molecule has 1 rings (SSSR count). The third-order valence-electron chi connectivity index (χ3n) is 1.83. The number of amides is 1. The van der Waals surface area contributed by atoms with E-state index in [-0.39, 0.29) is 6.54 Å². The second kappa shape index (κ2) is 7.64. The number of hydrogen-bond acceptors (Lipinski definition) is 3. The van der Waals surface area contributed by atoms with Crippen molar-refractivity contribution < 1.29 is 22.7 Å². The van der Waals surface area contributed by atoms with Gasteiger partial charge in [0.1, 0.15) is 0 Å². The molecule has 8 heteroatoms. The molecular weight excluding hydrogens is 347 g/mol. The Labute approximate surface area is 121 Å². The molecule has 3 nitrogen and oxygen atoms in total. The van der Waals surface area contributed by atoms with Crippen LogP contribution in [0.4, 0.5) is 18.0 Å². The molecule has 1 aromatic carbocycles. The van der Waals surface area contributed by atoms with E-state index < -0.39 is 18.9 Å². The Bertz CT molecular complexity index is 429. The number of carbonyl (C=O) groups excluding carboxylic acids is 1. The zero-order chi connectivity index (χ0) is 14.3. The molecule has 0 bridgehead atoms. The van der Waals surface area contributed by atoms with Gasteiger partial charge in [-0.15, -0.1) is 11.8 Å². The summed E-state index contributed by atoms with van der Waals surface area (Å²) in [6.45, 7) is -1.35. The van der Waals surface area contributed by atoms with Crippen LogP contribution in [-0.4, -0.2) is 31.2 Å². The van der Waals surface area contributed by atoms with Gasteiger partial charge in [0.15, 0.2) is 6.61 Å². The number of rotatable bonds is 5. The molecule has 0 spiro atoms. The number of nitrogens with one attached hydrogen (secondary N) is 1. The average Bonchev–Trinajstić information content (AvgIpc) is 2.33. The topological polar surface area (TPSA) is 38.3 Å². The summed E-state index contributed by atoms with van der Waals surface area (Å²) in [7, 11) is 0. The largest absolute Gasteiger partial charge is 0.440 e. The minimum atomic E-state index is -4.50. The van der Waals surface area contributed by atoms with Crippen LogP contribution in [-0.2, 0) is 4.74 Å². The summed E-state index contributed by atoms with van der Waals surface area (Å²) in [6, 6.07) is 7.53. The normalized spacial score (nSPS) is 11.2. The third-order valence-corrected chi connectivity index (χ3v) is 3.86. The molecule has 0 heterocycles.